The van der Waals surface area contributed by atoms with Gasteiger partial charge in [-0.3, -0.25) is 4.79 Å². The number of rotatable bonds is 6. The normalized spacial score (nSPS) is 20.3. The van der Waals surface area contributed by atoms with E-state index in [1.807, 2.05) is 0 Å². The molecular formula is C17H21F3N2O4. The van der Waals surface area contributed by atoms with E-state index in [1.165, 1.54) is 12.1 Å². The fraction of sp³-hybridized carbons (Fsp3) is 0.529. The third-order valence-electron chi connectivity index (χ3n) is 4.23. The van der Waals surface area contributed by atoms with Gasteiger partial charge in [0, 0.05) is 6.04 Å². The molecule has 0 saturated heterocycles. The van der Waals surface area contributed by atoms with E-state index < -0.39 is 23.7 Å². The molecule has 144 valence electrons. The number of ether oxygens (including phenoxy) is 1. The Kier molecular flexibility index (Phi) is 6.70. The maximum absolute atomic E-state index is 12.6. The minimum Gasteiger partial charge on any atom is -0.492 e. The van der Waals surface area contributed by atoms with E-state index in [1.54, 1.807) is 0 Å². The summed E-state index contributed by atoms with van der Waals surface area (Å²) in [5.74, 6) is -1.08. The average molecular weight is 374 g/mol. The van der Waals surface area contributed by atoms with Gasteiger partial charge in [-0.2, -0.15) is 13.2 Å². The molecule has 0 radical (unpaired) electrons. The Balaban J connectivity index is 1.66. The molecule has 1 saturated carbocycles. The van der Waals surface area contributed by atoms with Crippen LogP contribution in [-0.2, 0) is 11.0 Å². The van der Waals surface area contributed by atoms with Crippen molar-refractivity contribution in [1.29, 1.82) is 0 Å². The van der Waals surface area contributed by atoms with Crippen LogP contribution in [0.15, 0.2) is 24.3 Å². The van der Waals surface area contributed by atoms with Crippen LogP contribution in [0.3, 0.4) is 0 Å². The number of carboxylic acids is 1. The van der Waals surface area contributed by atoms with Gasteiger partial charge in [-0.25, -0.2) is 4.79 Å². The quantitative estimate of drug-likeness (QED) is 0.668. The summed E-state index contributed by atoms with van der Waals surface area (Å²) < 4.78 is 43.0. The molecule has 0 unspecified atom stereocenters. The zero-order valence-corrected chi connectivity index (χ0v) is 14.0. The molecule has 0 aliphatic heterocycles. The van der Waals surface area contributed by atoms with Crippen molar-refractivity contribution in [2.75, 3.05) is 13.2 Å². The largest absolute Gasteiger partial charge is 0.492 e. The first-order chi connectivity index (χ1) is 12.3. The van der Waals surface area contributed by atoms with Crippen molar-refractivity contribution in [3.63, 3.8) is 0 Å². The van der Waals surface area contributed by atoms with Crippen molar-refractivity contribution < 1.29 is 32.6 Å². The highest BCUT2D eigenvalue weighted by Gasteiger charge is 2.30. The Bertz CT molecular complexity index is 629. The predicted octanol–water partition coefficient (Wildman–Crippen LogP) is 3.03. The lowest BCUT2D eigenvalue weighted by Crippen LogP contribution is -2.45. The van der Waals surface area contributed by atoms with Gasteiger partial charge in [0.15, 0.2) is 0 Å². The van der Waals surface area contributed by atoms with Crippen LogP contribution >= 0.6 is 0 Å². The molecule has 1 aromatic carbocycles. The van der Waals surface area contributed by atoms with Crippen LogP contribution in [0.2, 0.25) is 0 Å². The minimum absolute atomic E-state index is 0.0283. The number of aliphatic carboxylic acids is 1. The van der Waals surface area contributed by atoms with Gasteiger partial charge in [0.25, 0.3) is 0 Å². The van der Waals surface area contributed by atoms with Crippen LogP contribution < -0.4 is 15.4 Å². The van der Waals surface area contributed by atoms with Crippen molar-refractivity contribution in [1.82, 2.24) is 10.6 Å². The molecule has 9 heteroatoms. The fourth-order valence-electron chi connectivity index (χ4n) is 2.82. The molecule has 2 rings (SSSR count). The number of carbonyl (C=O) groups is 2. The monoisotopic (exact) mass is 374 g/mol. The van der Waals surface area contributed by atoms with Crippen LogP contribution in [0.1, 0.15) is 31.2 Å². The van der Waals surface area contributed by atoms with Crippen LogP contribution in [0.25, 0.3) is 0 Å². The molecule has 0 spiro atoms. The van der Waals surface area contributed by atoms with Gasteiger partial charge in [-0.15, -0.1) is 0 Å². The Hall–Kier alpha value is -2.45. The lowest BCUT2D eigenvalue weighted by atomic mass is 9.86. The second-order valence-corrected chi connectivity index (χ2v) is 6.16. The first-order valence-electron chi connectivity index (χ1n) is 8.33. The standard InChI is InChI=1S/C17H21F3N2O4/c18-17(19,20)12-2-1-3-14(10-12)26-9-8-21-16(25)22-13-6-4-11(5-7-13)15(23)24/h1-3,10-11,13H,4-9H2,(H,23,24)(H2,21,22,25). The number of amides is 2. The Labute approximate surface area is 148 Å². The van der Waals surface area contributed by atoms with Gasteiger partial charge in [0.2, 0.25) is 0 Å². The van der Waals surface area contributed by atoms with Crippen molar-refractivity contribution in [3.8, 4) is 5.75 Å². The first-order valence-corrected chi connectivity index (χ1v) is 8.33. The van der Waals surface area contributed by atoms with E-state index in [0.29, 0.717) is 25.7 Å². The minimum atomic E-state index is -4.43. The number of hydrogen-bond donors (Lipinski definition) is 3. The summed E-state index contributed by atoms with van der Waals surface area (Å²) in [6.07, 6.45) is -2.18. The number of alkyl halides is 3. The lowest BCUT2D eigenvalue weighted by molar-refractivity contribution is -0.143. The molecule has 1 fully saturated rings. The highest BCUT2D eigenvalue weighted by atomic mass is 19.4. The maximum Gasteiger partial charge on any atom is 0.416 e. The molecule has 0 atom stereocenters. The number of carboxylic acid groups (broad SMARTS) is 1. The Morgan fingerprint density at radius 3 is 2.50 bits per heavy atom. The number of benzene rings is 1. The summed E-state index contributed by atoms with van der Waals surface area (Å²) in [6.45, 7) is 0.160. The highest BCUT2D eigenvalue weighted by molar-refractivity contribution is 5.74. The first kappa shape index (κ1) is 19.9. The Morgan fingerprint density at radius 1 is 1.19 bits per heavy atom. The van der Waals surface area contributed by atoms with E-state index in [4.69, 9.17) is 9.84 Å². The second-order valence-electron chi connectivity index (χ2n) is 6.16. The number of nitrogens with one attached hydrogen (secondary N) is 2. The highest BCUT2D eigenvalue weighted by Crippen LogP contribution is 2.31. The van der Waals surface area contributed by atoms with E-state index in [-0.39, 0.29) is 30.9 Å². The zero-order chi connectivity index (χ0) is 19.2. The number of carbonyl (C=O) groups excluding carboxylic acids is 1. The van der Waals surface area contributed by atoms with Gasteiger partial charge in [-0.05, 0) is 43.9 Å². The number of urea groups is 1. The van der Waals surface area contributed by atoms with E-state index >= 15 is 0 Å². The molecule has 1 aliphatic carbocycles. The van der Waals surface area contributed by atoms with Crippen LogP contribution in [-0.4, -0.2) is 36.3 Å². The van der Waals surface area contributed by atoms with Crippen molar-refractivity contribution >= 4 is 12.0 Å². The van der Waals surface area contributed by atoms with Gasteiger partial charge >= 0.3 is 18.2 Å². The van der Waals surface area contributed by atoms with Crippen molar-refractivity contribution in [3.05, 3.63) is 29.8 Å². The molecular weight excluding hydrogens is 353 g/mol. The summed E-state index contributed by atoms with van der Waals surface area (Å²) >= 11 is 0. The zero-order valence-electron chi connectivity index (χ0n) is 14.0. The summed E-state index contributed by atoms with van der Waals surface area (Å²) in [6, 6.07) is 4.05. The predicted molar refractivity (Wildman–Crippen MR) is 86.9 cm³/mol. The van der Waals surface area contributed by atoms with Crippen molar-refractivity contribution in [2.24, 2.45) is 5.92 Å². The summed E-state index contributed by atoms with van der Waals surface area (Å²) in [5, 5.41) is 14.3. The average Bonchev–Trinajstić information content (AvgIpc) is 2.59. The third kappa shape index (κ3) is 6.12. The molecule has 2 amide bonds. The van der Waals surface area contributed by atoms with Crippen molar-refractivity contribution in [2.45, 2.75) is 37.9 Å². The molecule has 3 N–H and O–H groups in total. The van der Waals surface area contributed by atoms with E-state index in [2.05, 4.69) is 10.6 Å². The van der Waals surface area contributed by atoms with Gasteiger partial charge in [0.1, 0.15) is 12.4 Å². The summed E-state index contributed by atoms with van der Waals surface area (Å²) in [5.41, 5.74) is -0.794. The van der Waals surface area contributed by atoms with Crippen LogP contribution in [0, 0.1) is 5.92 Å². The van der Waals surface area contributed by atoms with Gasteiger partial charge in [-0.1, -0.05) is 6.07 Å². The molecule has 0 bridgehead atoms. The SMILES string of the molecule is O=C(NCCOc1cccc(C(F)(F)F)c1)NC1CCC(C(=O)O)CC1. The molecule has 1 aliphatic rings. The van der Waals surface area contributed by atoms with Gasteiger partial charge in [0.05, 0.1) is 18.0 Å². The number of hydrogen-bond acceptors (Lipinski definition) is 3. The summed E-state index contributed by atoms with van der Waals surface area (Å²) in [7, 11) is 0. The third-order valence-corrected chi connectivity index (χ3v) is 4.23. The molecule has 0 aromatic heterocycles. The molecule has 0 heterocycles. The molecule has 6 nitrogen and oxygen atoms in total. The summed E-state index contributed by atoms with van der Waals surface area (Å²) in [4.78, 5) is 22.7. The molecule has 26 heavy (non-hydrogen) atoms. The lowest BCUT2D eigenvalue weighted by Gasteiger charge is -2.26. The second kappa shape index (κ2) is 8.77. The molecule has 1 aromatic rings. The number of halogens is 3. The van der Waals surface area contributed by atoms with Crippen LogP contribution in [0.5, 0.6) is 5.75 Å². The smallest absolute Gasteiger partial charge is 0.416 e. The maximum atomic E-state index is 12.6. The van der Waals surface area contributed by atoms with Gasteiger partial charge < -0.3 is 20.5 Å². The topological polar surface area (TPSA) is 87.7 Å². The van der Waals surface area contributed by atoms with E-state index in [0.717, 1.165) is 12.1 Å². The fourth-order valence-corrected chi connectivity index (χ4v) is 2.82. The van der Waals surface area contributed by atoms with E-state index in [9.17, 15) is 22.8 Å². The van der Waals surface area contributed by atoms with Crippen LogP contribution in [0.4, 0.5) is 18.0 Å². The Morgan fingerprint density at radius 2 is 1.88 bits per heavy atom.